The number of alkyl halides is 3. The zero-order valence-electron chi connectivity index (χ0n) is 6.94. The Morgan fingerprint density at radius 3 is 2.21 bits per heavy atom. The predicted molar refractivity (Wildman–Crippen MR) is 38.2 cm³/mol. The van der Waals surface area contributed by atoms with E-state index in [-0.39, 0.29) is 12.8 Å². The number of imide groups is 1. The average Bonchev–Trinajstić information content (AvgIpc) is 2.19. The minimum Gasteiger partial charge on any atom is -0.323 e. The minimum absolute atomic E-state index is 0.353. The van der Waals surface area contributed by atoms with Crippen LogP contribution >= 0.6 is 0 Å². The van der Waals surface area contributed by atoms with Gasteiger partial charge in [0.25, 0.3) is 5.91 Å². The van der Waals surface area contributed by atoms with E-state index in [0.717, 1.165) is 0 Å². The minimum atomic E-state index is -4.28. The standard InChI is InChI=1S/C7H7F3N2O2/c8-7(9,10)3-1-6(2-3)4(13)11-5(14)12-6/h3H,1-2H2,(H2,11,12,13,14). The molecule has 1 aliphatic carbocycles. The molecule has 0 radical (unpaired) electrons. The maximum atomic E-state index is 12.1. The van der Waals surface area contributed by atoms with Gasteiger partial charge >= 0.3 is 12.2 Å². The lowest BCUT2D eigenvalue weighted by Gasteiger charge is -2.42. The lowest BCUT2D eigenvalue weighted by atomic mass is 9.68. The van der Waals surface area contributed by atoms with Crippen LogP contribution in [0.25, 0.3) is 0 Å². The van der Waals surface area contributed by atoms with E-state index in [2.05, 4.69) is 5.32 Å². The first kappa shape index (κ1) is 9.29. The van der Waals surface area contributed by atoms with Gasteiger partial charge in [0.2, 0.25) is 0 Å². The van der Waals surface area contributed by atoms with E-state index < -0.39 is 29.6 Å². The Labute approximate surface area is 76.8 Å². The fourth-order valence-electron chi connectivity index (χ4n) is 1.83. The number of hydrogen-bond acceptors (Lipinski definition) is 2. The Kier molecular flexibility index (Phi) is 1.59. The summed E-state index contributed by atoms with van der Waals surface area (Å²) in [7, 11) is 0. The van der Waals surface area contributed by atoms with Crippen molar-refractivity contribution in [1.29, 1.82) is 0 Å². The topological polar surface area (TPSA) is 58.2 Å². The highest BCUT2D eigenvalue weighted by molar-refractivity contribution is 6.07. The van der Waals surface area contributed by atoms with Gasteiger partial charge in [-0.25, -0.2) is 4.79 Å². The van der Waals surface area contributed by atoms with E-state index in [9.17, 15) is 22.8 Å². The number of amides is 3. The van der Waals surface area contributed by atoms with Crippen molar-refractivity contribution in [3.05, 3.63) is 0 Å². The normalized spacial score (nSPS) is 36.6. The van der Waals surface area contributed by atoms with Gasteiger partial charge in [-0.15, -0.1) is 0 Å². The number of halogens is 3. The van der Waals surface area contributed by atoms with Gasteiger partial charge in [-0.1, -0.05) is 0 Å². The summed E-state index contributed by atoms with van der Waals surface area (Å²) in [6.45, 7) is 0. The van der Waals surface area contributed by atoms with Crippen molar-refractivity contribution in [3.63, 3.8) is 0 Å². The zero-order valence-corrected chi connectivity index (χ0v) is 6.94. The first-order chi connectivity index (χ1) is 6.33. The van der Waals surface area contributed by atoms with Crippen LogP contribution < -0.4 is 10.6 Å². The molecule has 2 N–H and O–H groups in total. The summed E-state index contributed by atoms with van der Waals surface area (Å²) in [4.78, 5) is 21.8. The number of urea groups is 1. The monoisotopic (exact) mass is 208 g/mol. The molecule has 4 nitrogen and oxygen atoms in total. The van der Waals surface area contributed by atoms with Gasteiger partial charge < -0.3 is 5.32 Å². The van der Waals surface area contributed by atoms with Gasteiger partial charge in [0, 0.05) is 0 Å². The number of carbonyl (C=O) groups excluding carboxylic acids is 2. The second-order valence-electron chi connectivity index (χ2n) is 3.64. The Morgan fingerprint density at radius 2 is 1.86 bits per heavy atom. The molecule has 78 valence electrons. The molecule has 2 aliphatic rings. The second kappa shape index (κ2) is 2.40. The molecule has 0 unspecified atom stereocenters. The third-order valence-electron chi connectivity index (χ3n) is 2.67. The highest BCUT2D eigenvalue weighted by Crippen LogP contribution is 2.48. The summed E-state index contributed by atoms with van der Waals surface area (Å²) in [5.41, 5.74) is -1.29. The van der Waals surface area contributed by atoms with E-state index in [1.54, 1.807) is 0 Å². The molecular weight excluding hydrogens is 201 g/mol. The molecule has 1 saturated heterocycles. The van der Waals surface area contributed by atoms with Crippen LogP contribution in [0, 0.1) is 5.92 Å². The van der Waals surface area contributed by atoms with Crippen LogP contribution in [0.4, 0.5) is 18.0 Å². The Hall–Kier alpha value is -1.27. The summed E-state index contributed by atoms with van der Waals surface area (Å²) < 4.78 is 36.4. The summed E-state index contributed by atoms with van der Waals surface area (Å²) >= 11 is 0. The summed E-state index contributed by atoms with van der Waals surface area (Å²) in [5, 5.41) is 4.14. The van der Waals surface area contributed by atoms with Crippen molar-refractivity contribution in [2.75, 3.05) is 0 Å². The molecule has 1 aliphatic heterocycles. The van der Waals surface area contributed by atoms with Crippen molar-refractivity contribution < 1.29 is 22.8 Å². The summed E-state index contributed by atoms with van der Waals surface area (Å²) in [6.07, 6.45) is -4.99. The molecule has 1 spiro atoms. The van der Waals surface area contributed by atoms with Gasteiger partial charge in [0.05, 0.1) is 5.92 Å². The first-order valence-corrected chi connectivity index (χ1v) is 4.04. The first-order valence-electron chi connectivity index (χ1n) is 4.04. The molecule has 2 rings (SSSR count). The third kappa shape index (κ3) is 1.15. The van der Waals surface area contributed by atoms with Crippen LogP contribution in [-0.2, 0) is 4.79 Å². The third-order valence-corrected chi connectivity index (χ3v) is 2.67. The number of hydrogen-bond donors (Lipinski definition) is 2. The second-order valence-corrected chi connectivity index (χ2v) is 3.64. The Morgan fingerprint density at radius 1 is 1.29 bits per heavy atom. The van der Waals surface area contributed by atoms with E-state index in [0.29, 0.717) is 0 Å². The van der Waals surface area contributed by atoms with Gasteiger partial charge in [-0.05, 0) is 12.8 Å². The smallest absolute Gasteiger partial charge is 0.323 e. The molecule has 0 aromatic heterocycles. The fourth-order valence-corrected chi connectivity index (χ4v) is 1.83. The number of nitrogens with one attached hydrogen (secondary N) is 2. The van der Waals surface area contributed by atoms with Crippen molar-refractivity contribution in [3.8, 4) is 0 Å². The molecule has 0 aromatic carbocycles. The average molecular weight is 208 g/mol. The van der Waals surface area contributed by atoms with Crippen LogP contribution in [0.3, 0.4) is 0 Å². The van der Waals surface area contributed by atoms with Crippen molar-refractivity contribution in [1.82, 2.24) is 10.6 Å². The molecule has 7 heteroatoms. The van der Waals surface area contributed by atoms with Gasteiger partial charge in [0.15, 0.2) is 0 Å². The van der Waals surface area contributed by atoms with Gasteiger partial charge in [-0.3, -0.25) is 10.1 Å². The molecular formula is C7H7F3N2O2. The quantitative estimate of drug-likeness (QED) is 0.571. The lowest BCUT2D eigenvalue weighted by Crippen LogP contribution is -2.60. The van der Waals surface area contributed by atoms with Crippen LogP contribution in [0.2, 0.25) is 0 Å². The maximum absolute atomic E-state index is 12.1. The molecule has 0 bridgehead atoms. The van der Waals surface area contributed by atoms with Crippen molar-refractivity contribution >= 4 is 11.9 Å². The van der Waals surface area contributed by atoms with Crippen molar-refractivity contribution in [2.24, 2.45) is 5.92 Å². The maximum Gasteiger partial charge on any atom is 0.392 e. The molecule has 1 saturated carbocycles. The number of rotatable bonds is 0. The predicted octanol–water partition coefficient (Wildman–Crippen LogP) is 0.537. The molecule has 0 atom stereocenters. The van der Waals surface area contributed by atoms with E-state index in [1.165, 1.54) is 0 Å². The fraction of sp³-hybridized carbons (Fsp3) is 0.714. The van der Waals surface area contributed by atoms with E-state index in [1.807, 2.05) is 5.32 Å². The highest BCUT2D eigenvalue weighted by atomic mass is 19.4. The number of carbonyl (C=O) groups is 2. The van der Waals surface area contributed by atoms with Gasteiger partial charge in [-0.2, -0.15) is 13.2 Å². The summed E-state index contributed by atoms with van der Waals surface area (Å²) in [5.74, 6) is -2.13. The highest BCUT2D eigenvalue weighted by Gasteiger charge is 2.62. The van der Waals surface area contributed by atoms with Crippen LogP contribution in [0.1, 0.15) is 12.8 Å². The Balaban J connectivity index is 2.05. The largest absolute Gasteiger partial charge is 0.392 e. The zero-order chi connectivity index (χ0) is 10.6. The van der Waals surface area contributed by atoms with E-state index >= 15 is 0 Å². The molecule has 2 fully saturated rings. The van der Waals surface area contributed by atoms with Crippen LogP contribution in [-0.4, -0.2) is 23.7 Å². The SMILES string of the molecule is O=C1NC(=O)C2(CC(C(F)(F)F)C2)N1. The van der Waals surface area contributed by atoms with Crippen molar-refractivity contribution in [2.45, 2.75) is 24.6 Å². The molecule has 1 heterocycles. The molecule has 0 aromatic rings. The van der Waals surface area contributed by atoms with Gasteiger partial charge in [0.1, 0.15) is 5.54 Å². The van der Waals surface area contributed by atoms with Crippen LogP contribution in [0.15, 0.2) is 0 Å². The van der Waals surface area contributed by atoms with Crippen LogP contribution in [0.5, 0.6) is 0 Å². The molecule has 14 heavy (non-hydrogen) atoms. The molecule has 3 amide bonds. The lowest BCUT2D eigenvalue weighted by molar-refractivity contribution is -0.208. The van der Waals surface area contributed by atoms with E-state index in [4.69, 9.17) is 0 Å². The summed E-state index contributed by atoms with van der Waals surface area (Å²) in [6, 6.07) is -0.712. The Bertz CT molecular complexity index is 307.